The molecule has 0 saturated carbocycles. The lowest BCUT2D eigenvalue weighted by Gasteiger charge is -2.25. The highest BCUT2D eigenvalue weighted by molar-refractivity contribution is 7.09. The highest BCUT2D eigenvalue weighted by Gasteiger charge is 2.22. The summed E-state index contributed by atoms with van der Waals surface area (Å²) in [5.41, 5.74) is 4.25. The topological polar surface area (TPSA) is 50.9 Å². The lowest BCUT2D eigenvalue weighted by Crippen LogP contribution is -2.43. The third-order valence-corrected chi connectivity index (χ3v) is 4.49. The molecule has 2 unspecified atom stereocenters. The Morgan fingerprint density at radius 2 is 1.94 bits per heavy atom. The summed E-state index contributed by atoms with van der Waals surface area (Å²) in [6.45, 7) is 13.3. The van der Waals surface area contributed by atoms with Gasteiger partial charge in [-0.1, -0.05) is 41.5 Å². The molecule has 0 aliphatic heterocycles. The number of aromatic nitrogens is 1. The number of hydrogen-bond donors (Lipinski definition) is 2. The second-order valence-electron chi connectivity index (χ2n) is 6.46. The maximum atomic E-state index is 5.68. The van der Waals surface area contributed by atoms with E-state index in [4.69, 9.17) is 10.8 Å². The number of hydrogen-bond acceptors (Lipinski definition) is 4. The van der Waals surface area contributed by atoms with Crippen molar-refractivity contribution in [3.8, 4) is 0 Å². The van der Waals surface area contributed by atoms with Gasteiger partial charge in [0.15, 0.2) is 0 Å². The van der Waals surface area contributed by atoms with Crippen molar-refractivity contribution >= 4 is 11.3 Å². The minimum Gasteiger partial charge on any atom is -0.271 e. The molecule has 0 radical (unpaired) electrons. The second-order valence-corrected chi connectivity index (χ2v) is 7.40. The molecule has 1 rings (SSSR count). The number of hydrazine groups is 1. The summed E-state index contributed by atoms with van der Waals surface area (Å²) in [7, 11) is 0. The standard InChI is InChI=1S/C14H27N3S/c1-9(2)10(3)11(17-15)7-13-16-12(8-18-13)14(4,5)6/h8-11,17H,7,15H2,1-6H3. The fourth-order valence-electron chi connectivity index (χ4n) is 1.80. The van der Waals surface area contributed by atoms with E-state index >= 15 is 0 Å². The molecule has 104 valence electrons. The Morgan fingerprint density at radius 1 is 1.33 bits per heavy atom. The lowest BCUT2D eigenvalue weighted by atomic mass is 9.89. The maximum absolute atomic E-state index is 5.68. The van der Waals surface area contributed by atoms with E-state index in [-0.39, 0.29) is 5.41 Å². The van der Waals surface area contributed by atoms with Gasteiger partial charge in [0, 0.05) is 23.3 Å². The van der Waals surface area contributed by atoms with Crippen molar-refractivity contribution < 1.29 is 0 Å². The van der Waals surface area contributed by atoms with Crippen molar-refractivity contribution in [2.24, 2.45) is 17.7 Å². The van der Waals surface area contributed by atoms with E-state index in [0.29, 0.717) is 17.9 Å². The summed E-state index contributed by atoms with van der Waals surface area (Å²) < 4.78 is 0. The zero-order valence-electron chi connectivity index (χ0n) is 12.4. The van der Waals surface area contributed by atoms with E-state index in [1.807, 2.05) is 0 Å². The van der Waals surface area contributed by atoms with Crippen LogP contribution < -0.4 is 11.3 Å². The van der Waals surface area contributed by atoms with Crippen molar-refractivity contribution in [3.63, 3.8) is 0 Å². The van der Waals surface area contributed by atoms with Gasteiger partial charge in [0.2, 0.25) is 0 Å². The Hall–Kier alpha value is -0.450. The Labute approximate surface area is 115 Å². The van der Waals surface area contributed by atoms with Gasteiger partial charge >= 0.3 is 0 Å². The number of rotatable bonds is 5. The molecule has 2 atom stereocenters. The van der Waals surface area contributed by atoms with Crippen LogP contribution >= 0.6 is 11.3 Å². The molecule has 18 heavy (non-hydrogen) atoms. The van der Waals surface area contributed by atoms with Crippen LogP contribution in [0.2, 0.25) is 0 Å². The SMILES string of the molecule is CC(C)C(C)C(Cc1nc(C(C)(C)C)cs1)NN. The Kier molecular flexibility index (Phi) is 5.32. The van der Waals surface area contributed by atoms with Crippen LogP contribution in [-0.4, -0.2) is 11.0 Å². The third-order valence-electron chi connectivity index (χ3n) is 3.62. The number of nitrogens with one attached hydrogen (secondary N) is 1. The van der Waals surface area contributed by atoms with Crippen LogP contribution in [-0.2, 0) is 11.8 Å². The lowest BCUT2D eigenvalue weighted by molar-refractivity contribution is 0.299. The van der Waals surface area contributed by atoms with Crippen molar-refractivity contribution in [1.82, 2.24) is 10.4 Å². The quantitative estimate of drug-likeness (QED) is 0.638. The van der Waals surface area contributed by atoms with Crippen molar-refractivity contribution in [2.75, 3.05) is 0 Å². The monoisotopic (exact) mass is 269 g/mol. The van der Waals surface area contributed by atoms with Gasteiger partial charge in [-0.05, 0) is 11.8 Å². The predicted molar refractivity (Wildman–Crippen MR) is 79.6 cm³/mol. The van der Waals surface area contributed by atoms with Gasteiger partial charge in [-0.25, -0.2) is 4.98 Å². The van der Waals surface area contributed by atoms with Crippen LogP contribution in [0.15, 0.2) is 5.38 Å². The number of thiazole rings is 1. The summed E-state index contributed by atoms with van der Waals surface area (Å²) in [5, 5.41) is 3.35. The summed E-state index contributed by atoms with van der Waals surface area (Å²) in [5.74, 6) is 6.84. The van der Waals surface area contributed by atoms with Crippen LogP contribution in [0, 0.1) is 11.8 Å². The molecule has 0 aliphatic rings. The second kappa shape index (κ2) is 6.13. The molecule has 3 nitrogen and oxygen atoms in total. The van der Waals surface area contributed by atoms with Gasteiger partial charge in [-0.2, -0.15) is 0 Å². The van der Waals surface area contributed by atoms with Gasteiger partial charge in [0.1, 0.15) is 0 Å². The normalized spacial score (nSPS) is 16.0. The molecular weight excluding hydrogens is 242 g/mol. The van der Waals surface area contributed by atoms with E-state index in [9.17, 15) is 0 Å². The largest absolute Gasteiger partial charge is 0.271 e. The highest BCUT2D eigenvalue weighted by Crippen LogP contribution is 2.26. The van der Waals surface area contributed by atoms with Crippen LogP contribution in [0.5, 0.6) is 0 Å². The predicted octanol–water partition coefficient (Wildman–Crippen LogP) is 3.11. The molecule has 0 spiro atoms. The van der Waals surface area contributed by atoms with E-state index in [0.717, 1.165) is 6.42 Å². The first-order valence-electron chi connectivity index (χ1n) is 6.66. The van der Waals surface area contributed by atoms with Crippen molar-refractivity contribution in [3.05, 3.63) is 16.1 Å². The Morgan fingerprint density at radius 3 is 2.33 bits per heavy atom. The molecule has 4 heteroatoms. The summed E-state index contributed by atoms with van der Waals surface area (Å²) >= 11 is 1.74. The van der Waals surface area contributed by atoms with Gasteiger partial charge < -0.3 is 0 Å². The van der Waals surface area contributed by atoms with Crippen molar-refractivity contribution in [1.29, 1.82) is 0 Å². The number of nitrogens with two attached hydrogens (primary N) is 1. The molecule has 0 aliphatic carbocycles. The zero-order chi connectivity index (χ0) is 13.9. The fraction of sp³-hybridized carbons (Fsp3) is 0.786. The van der Waals surface area contributed by atoms with Crippen LogP contribution in [0.4, 0.5) is 0 Å². The first kappa shape index (κ1) is 15.6. The minimum atomic E-state index is 0.129. The minimum absolute atomic E-state index is 0.129. The first-order chi connectivity index (χ1) is 8.25. The first-order valence-corrected chi connectivity index (χ1v) is 7.54. The summed E-state index contributed by atoms with van der Waals surface area (Å²) in [6.07, 6.45) is 0.913. The fourth-order valence-corrected chi connectivity index (χ4v) is 2.88. The molecule has 0 bridgehead atoms. The molecule has 0 saturated heterocycles. The zero-order valence-corrected chi connectivity index (χ0v) is 13.3. The van der Waals surface area contributed by atoms with Crippen molar-refractivity contribution in [2.45, 2.75) is 59.4 Å². The average molecular weight is 269 g/mol. The van der Waals surface area contributed by atoms with E-state index < -0.39 is 0 Å². The Bertz CT molecular complexity index is 365. The molecule has 1 aromatic heterocycles. The van der Waals surface area contributed by atoms with Gasteiger partial charge in [-0.15, -0.1) is 11.3 Å². The molecule has 1 aromatic rings. The summed E-state index contributed by atoms with van der Waals surface area (Å²) in [4.78, 5) is 4.73. The van der Waals surface area contributed by atoms with Gasteiger partial charge in [0.25, 0.3) is 0 Å². The number of nitrogens with zero attached hydrogens (tertiary/aromatic N) is 1. The molecule has 0 fully saturated rings. The van der Waals surface area contributed by atoms with Crippen LogP contribution in [0.25, 0.3) is 0 Å². The molecule has 0 amide bonds. The Balaban J connectivity index is 2.74. The maximum Gasteiger partial charge on any atom is 0.0944 e. The van der Waals surface area contributed by atoms with Gasteiger partial charge in [0.05, 0.1) is 10.7 Å². The molecule has 0 aromatic carbocycles. The average Bonchev–Trinajstić information content (AvgIpc) is 2.72. The van der Waals surface area contributed by atoms with E-state index in [2.05, 4.69) is 52.3 Å². The molecule has 1 heterocycles. The molecule has 3 N–H and O–H groups in total. The van der Waals surface area contributed by atoms with Crippen LogP contribution in [0.3, 0.4) is 0 Å². The smallest absolute Gasteiger partial charge is 0.0944 e. The molecular formula is C14H27N3S. The highest BCUT2D eigenvalue weighted by atomic mass is 32.1. The third kappa shape index (κ3) is 4.04. The summed E-state index contributed by atoms with van der Waals surface area (Å²) in [6, 6.07) is 0.295. The van der Waals surface area contributed by atoms with Gasteiger partial charge in [-0.3, -0.25) is 11.3 Å². The van der Waals surface area contributed by atoms with E-state index in [1.54, 1.807) is 11.3 Å². The van der Waals surface area contributed by atoms with E-state index in [1.165, 1.54) is 10.7 Å². The van der Waals surface area contributed by atoms with Crippen LogP contribution in [0.1, 0.15) is 52.2 Å².